The van der Waals surface area contributed by atoms with Gasteiger partial charge < -0.3 is 20.1 Å². The van der Waals surface area contributed by atoms with Crippen LogP contribution < -0.4 is 10.1 Å². The molecule has 0 bridgehead atoms. The van der Waals surface area contributed by atoms with Gasteiger partial charge in [0.05, 0.1) is 13.2 Å². The number of H-pyrrole nitrogens is 1. The molecule has 1 unspecified atom stereocenters. The van der Waals surface area contributed by atoms with Crippen LogP contribution in [-0.2, 0) is 13.0 Å². The molecule has 0 aliphatic carbocycles. The number of ether oxygens (including phenoxy) is 1. The van der Waals surface area contributed by atoms with Gasteiger partial charge >= 0.3 is 0 Å². The summed E-state index contributed by atoms with van der Waals surface area (Å²) in [4.78, 5) is 5.96. The lowest BCUT2D eigenvalue weighted by Gasteiger charge is -2.33. The summed E-state index contributed by atoms with van der Waals surface area (Å²) in [6.07, 6.45) is 2.98. The third-order valence-electron chi connectivity index (χ3n) is 5.63. The largest absolute Gasteiger partial charge is 0.497 e. The maximum absolute atomic E-state index is 10.6. The number of halogens is 2. The van der Waals surface area contributed by atoms with Crippen LogP contribution in [0.15, 0.2) is 18.2 Å². The molecule has 0 spiro atoms. The molecule has 1 aromatic heterocycles. The first-order valence-electron chi connectivity index (χ1n) is 9.03. The number of methoxy groups -OCH3 is 1. The molecule has 0 radical (unpaired) electrons. The molecule has 2 aliphatic rings. The van der Waals surface area contributed by atoms with Crippen molar-refractivity contribution >= 4 is 35.7 Å². The Morgan fingerprint density at radius 2 is 2.04 bits per heavy atom. The molecule has 3 N–H and O–H groups in total. The van der Waals surface area contributed by atoms with Crippen molar-refractivity contribution in [3.63, 3.8) is 0 Å². The quantitative estimate of drug-likeness (QED) is 0.736. The van der Waals surface area contributed by atoms with E-state index in [0.29, 0.717) is 5.92 Å². The van der Waals surface area contributed by atoms with E-state index in [4.69, 9.17) is 4.74 Å². The summed E-state index contributed by atoms with van der Waals surface area (Å²) in [6, 6.07) is 6.22. The highest BCUT2D eigenvalue weighted by Gasteiger charge is 2.26. The molecule has 3 heterocycles. The molecule has 1 aromatic carbocycles. The Kier molecular flexibility index (Phi) is 7.62. The molecular formula is C19H29Cl2N3O2. The molecule has 4 rings (SSSR count). The van der Waals surface area contributed by atoms with E-state index in [9.17, 15) is 5.11 Å². The van der Waals surface area contributed by atoms with Crippen molar-refractivity contribution in [3.05, 3.63) is 29.5 Å². The average Bonchev–Trinajstić information content (AvgIpc) is 2.99. The molecule has 0 saturated carbocycles. The molecule has 26 heavy (non-hydrogen) atoms. The van der Waals surface area contributed by atoms with Crippen LogP contribution in [-0.4, -0.2) is 54.4 Å². The number of aliphatic hydroxyl groups is 1. The molecule has 1 atom stereocenters. The van der Waals surface area contributed by atoms with E-state index in [2.05, 4.69) is 27.3 Å². The Bertz CT molecular complexity index is 716. The number of aromatic nitrogens is 1. The van der Waals surface area contributed by atoms with Gasteiger partial charge in [-0.2, -0.15) is 0 Å². The van der Waals surface area contributed by atoms with Gasteiger partial charge in [0.2, 0.25) is 0 Å². The zero-order chi connectivity index (χ0) is 16.5. The van der Waals surface area contributed by atoms with E-state index in [1.165, 1.54) is 22.2 Å². The Morgan fingerprint density at radius 1 is 1.27 bits per heavy atom. The van der Waals surface area contributed by atoms with Crippen molar-refractivity contribution in [1.82, 2.24) is 15.2 Å². The van der Waals surface area contributed by atoms with Gasteiger partial charge in [-0.25, -0.2) is 0 Å². The van der Waals surface area contributed by atoms with Crippen LogP contribution in [0.1, 0.15) is 24.1 Å². The fourth-order valence-electron chi connectivity index (χ4n) is 4.17. The predicted molar refractivity (Wildman–Crippen MR) is 110 cm³/mol. The van der Waals surface area contributed by atoms with E-state index in [0.717, 1.165) is 57.7 Å². The van der Waals surface area contributed by atoms with Gasteiger partial charge in [0.15, 0.2) is 0 Å². The standard InChI is InChI=1S/C19H27N3O2.2ClH/c1-24-14-2-3-17-15(10-14)16-11-22(9-6-18(16)21-17)12-19(23)13-4-7-20-8-5-13;;/h2-3,10,13,19-21,23H,4-9,11-12H2,1H3;2*1H. The summed E-state index contributed by atoms with van der Waals surface area (Å²) in [6.45, 7) is 4.77. The number of hydrogen-bond acceptors (Lipinski definition) is 4. The van der Waals surface area contributed by atoms with Gasteiger partial charge in [0, 0.05) is 42.7 Å². The monoisotopic (exact) mass is 401 g/mol. The Labute approximate surface area is 167 Å². The number of aromatic amines is 1. The second-order valence-corrected chi connectivity index (χ2v) is 7.13. The van der Waals surface area contributed by atoms with Crippen molar-refractivity contribution in [2.75, 3.05) is 33.3 Å². The zero-order valence-corrected chi connectivity index (χ0v) is 16.8. The second-order valence-electron chi connectivity index (χ2n) is 7.13. The van der Waals surface area contributed by atoms with Crippen LogP contribution in [0.25, 0.3) is 10.9 Å². The van der Waals surface area contributed by atoms with E-state index in [1.807, 2.05) is 6.07 Å². The van der Waals surface area contributed by atoms with Crippen molar-refractivity contribution in [1.29, 1.82) is 0 Å². The highest BCUT2D eigenvalue weighted by Crippen LogP contribution is 2.31. The minimum atomic E-state index is -0.214. The molecule has 5 nitrogen and oxygen atoms in total. The fourth-order valence-corrected chi connectivity index (χ4v) is 4.17. The SMILES string of the molecule is COc1ccc2[nH]c3c(c2c1)CN(CC(O)C1CCNCC1)CC3.Cl.Cl. The summed E-state index contributed by atoms with van der Waals surface area (Å²) in [5, 5.41) is 15.3. The number of β-amino-alcohol motifs (C(OH)–C–C–N with tert-alkyl or cyclic N) is 1. The summed E-state index contributed by atoms with van der Waals surface area (Å²) >= 11 is 0. The zero-order valence-electron chi connectivity index (χ0n) is 15.2. The molecule has 0 amide bonds. The fraction of sp³-hybridized carbons (Fsp3) is 0.579. The third kappa shape index (κ3) is 4.29. The first-order chi connectivity index (χ1) is 11.7. The van der Waals surface area contributed by atoms with E-state index in [-0.39, 0.29) is 30.9 Å². The first kappa shape index (κ1) is 21.3. The van der Waals surface area contributed by atoms with Crippen molar-refractivity contribution in [2.45, 2.75) is 31.9 Å². The lowest BCUT2D eigenvalue weighted by molar-refractivity contribution is 0.0463. The Morgan fingerprint density at radius 3 is 2.77 bits per heavy atom. The number of aliphatic hydroxyl groups excluding tert-OH is 1. The highest BCUT2D eigenvalue weighted by molar-refractivity contribution is 5.86. The highest BCUT2D eigenvalue weighted by atomic mass is 35.5. The lowest BCUT2D eigenvalue weighted by Crippen LogP contribution is -2.42. The number of hydrogen-bond donors (Lipinski definition) is 3. The maximum Gasteiger partial charge on any atom is 0.119 e. The lowest BCUT2D eigenvalue weighted by atomic mass is 9.91. The minimum Gasteiger partial charge on any atom is -0.497 e. The van der Waals surface area contributed by atoms with Crippen LogP contribution in [0.3, 0.4) is 0 Å². The van der Waals surface area contributed by atoms with Gasteiger partial charge in [0.1, 0.15) is 5.75 Å². The van der Waals surface area contributed by atoms with E-state index >= 15 is 0 Å². The average molecular weight is 402 g/mol. The second kappa shape index (κ2) is 9.29. The molecule has 2 aliphatic heterocycles. The van der Waals surface area contributed by atoms with E-state index in [1.54, 1.807) is 7.11 Å². The van der Waals surface area contributed by atoms with Crippen molar-refractivity contribution in [3.8, 4) is 5.75 Å². The number of rotatable bonds is 4. The van der Waals surface area contributed by atoms with Gasteiger partial charge in [-0.3, -0.25) is 4.90 Å². The van der Waals surface area contributed by atoms with Crippen molar-refractivity contribution in [2.24, 2.45) is 5.92 Å². The van der Waals surface area contributed by atoms with Crippen molar-refractivity contribution < 1.29 is 9.84 Å². The smallest absolute Gasteiger partial charge is 0.119 e. The van der Waals surface area contributed by atoms with Gasteiger partial charge in [-0.15, -0.1) is 24.8 Å². The minimum absolute atomic E-state index is 0. The van der Waals surface area contributed by atoms with Crippen LogP contribution in [0.5, 0.6) is 5.75 Å². The molecule has 1 saturated heterocycles. The topological polar surface area (TPSA) is 60.5 Å². The molecule has 2 aromatic rings. The third-order valence-corrected chi connectivity index (χ3v) is 5.63. The first-order valence-corrected chi connectivity index (χ1v) is 9.03. The normalized spacial score (nSPS) is 19.3. The number of piperidine rings is 1. The Balaban J connectivity index is 0.00000121. The van der Waals surface area contributed by atoms with Crippen LogP contribution in [0, 0.1) is 5.92 Å². The number of fused-ring (bicyclic) bond motifs is 3. The Hall–Kier alpha value is -0.980. The van der Waals surface area contributed by atoms with Gasteiger partial charge in [-0.05, 0) is 55.6 Å². The van der Waals surface area contributed by atoms with Crippen LogP contribution >= 0.6 is 24.8 Å². The molecule has 7 heteroatoms. The van der Waals surface area contributed by atoms with Gasteiger partial charge in [-0.1, -0.05) is 0 Å². The molecular weight excluding hydrogens is 373 g/mol. The van der Waals surface area contributed by atoms with E-state index < -0.39 is 0 Å². The molecule has 1 fully saturated rings. The summed E-state index contributed by atoms with van der Waals surface area (Å²) in [7, 11) is 1.71. The summed E-state index contributed by atoms with van der Waals surface area (Å²) in [5.74, 6) is 1.34. The van der Waals surface area contributed by atoms with Crippen LogP contribution in [0.2, 0.25) is 0 Å². The summed E-state index contributed by atoms with van der Waals surface area (Å²) in [5.41, 5.74) is 3.89. The maximum atomic E-state index is 10.6. The number of benzene rings is 1. The molecule has 146 valence electrons. The number of nitrogens with one attached hydrogen (secondary N) is 2. The predicted octanol–water partition coefficient (Wildman–Crippen LogP) is 2.74. The van der Waals surface area contributed by atoms with Crippen LogP contribution in [0.4, 0.5) is 0 Å². The summed E-state index contributed by atoms with van der Waals surface area (Å²) < 4.78 is 5.38. The number of nitrogens with zero attached hydrogens (tertiary/aromatic N) is 1. The van der Waals surface area contributed by atoms with Gasteiger partial charge in [0.25, 0.3) is 0 Å².